The van der Waals surface area contributed by atoms with Gasteiger partial charge in [0.2, 0.25) is 0 Å². The fraction of sp³-hybridized carbons (Fsp3) is 0.353. The maximum atomic E-state index is 12.8. The van der Waals surface area contributed by atoms with E-state index < -0.39 is 0 Å². The zero-order valence-corrected chi connectivity index (χ0v) is 15.2. The number of aryl methyl sites for hydroxylation is 3. The van der Waals surface area contributed by atoms with E-state index in [9.17, 15) is 4.79 Å². The van der Waals surface area contributed by atoms with Crippen molar-refractivity contribution in [3.8, 4) is 5.75 Å². The van der Waals surface area contributed by atoms with Crippen molar-refractivity contribution in [2.24, 2.45) is 7.05 Å². The predicted molar refractivity (Wildman–Crippen MR) is 94.9 cm³/mol. The Bertz CT molecular complexity index is 929. The van der Waals surface area contributed by atoms with E-state index in [0.717, 1.165) is 23.6 Å². The molecule has 2 heterocycles. The molecular formula is C17H21N7O2. The first-order valence-electron chi connectivity index (χ1n) is 8.29. The molecule has 1 N–H and O–H groups in total. The maximum absolute atomic E-state index is 12.8. The van der Waals surface area contributed by atoms with Crippen molar-refractivity contribution in [3.63, 3.8) is 0 Å². The minimum Gasteiger partial charge on any atom is -0.485 e. The van der Waals surface area contributed by atoms with Crippen molar-refractivity contribution >= 4 is 11.6 Å². The first-order valence-corrected chi connectivity index (χ1v) is 8.29. The lowest BCUT2D eigenvalue weighted by atomic mass is 10.1. The molecule has 1 amide bonds. The summed E-state index contributed by atoms with van der Waals surface area (Å²) in [6.07, 6.45) is 0. The van der Waals surface area contributed by atoms with Gasteiger partial charge in [0.05, 0.1) is 22.6 Å². The average molecular weight is 355 g/mol. The third kappa shape index (κ3) is 3.41. The summed E-state index contributed by atoms with van der Waals surface area (Å²) in [5.74, 6) is 0.779. The molecular weight excluding hydrogens is 334 g/mol. The fourth-order valence-corrected chi connectivity index (χ4v) is 2.66. The van der Waals surface area contributed by atoms with Crippen LogP contribution in [0.1, 0.15) is 34.5 Å². The molecule has 0 radical (unpaired) electrons. The van der Waals surface area contributed by atoms with E-state index in [-0.39, 0.29) is 12.5 Å². The molecule has 0 saturated heterocycles. The number of amides is 1. The number of nitrogens with one attached hydrogen (secondary N) is 1. The second-order valence-electron chi connectivity index (χ2n) is 5.82. The van der Waals surface area contributed by atoms with Crippen molar-refractivity contribution in [2.75, 3.05) is 5.32 Å². The molecule has 0 atom stereocenters. The van der Waals surface area contributed by atoms with E-state index >= 15 is 0 Å². The van der Waals surface area contributed by atoms with Crippen molar-refractivity contribution < 1.29 is 9.53 Å². The third-order valence-electron chi connectivity index (χ3n) is 4.12. The zero-order valence-electron chi connectivity index (χ0n) is 15.2. The van der Waals surface area contributed by atoms with Crippen molar-refractivity contribution in [2.45, 2.75) is 33.9 Å². The number of carbonyl (C=O) groups is 1. The van der Waals surface area contributed by atoms with Crippen molar-refractivity contribution in [3.05, 3.63) is 47.0 Å². The van der Waals surface area contributed by atoms with E-state index in [1.54, 1.807) is 25.2 Å². The lowest BCUT2D eigenvalue weighted by Crippen LogP contribution is -2.15. The summed E-state index contributed by atoms with van der Waals surface area (Å²) in [4.78, 5) is 12.8. The summed E-state index contributed by atoms with van der Waals surface area (Å²) in [6, 6.07) is 7.07. The van der Waals surface area contributed by atoms with Crippen LogP contribution in [0.25, 0.3) is 0 Å². The van der Waals surface area contributed by atoms with Crippen LogP contribution in [0.4, 0.5) is 5.69 Å². The van der Waals surface area contributed by atoms with Crippen LogP contribution in [-0.2, 0) is 20.2 Å². The highest BCUT2D eigenvalue weighted by molar-refractivity contribution is 6.06. The summed E-state index contributed by atoms with van der Waals surface area (Å²) in [5, 5.41) is 18.6. The van der Waals surface area contributed by atoms with Crippen LogP contribution >= 0.6 is 0 Å². The van der Waals surface area contributed by atoms with Gasteiger partial charge >= 0.3 is 0 Å². The summed E-state index contributed by atoms with van der Waals surface area (Å²) in [5.41, 5.74) is 2.86. The minimum atomic E-state index is -0.251. The Morgan fingerprint density at radius 1 is 1.27 bits per heavy atom. The van der Waals surface area contributed by atoms with Crippen LogP contribution in [0, 0.1) is 13.8 Å². The van der Waals surface area contributed by atoms with Crippen LogP contribution in [0.15, 0.2) is 24.3 Å². The monoisotopic (exact) mass is 355 g/mol. The number of para-hydroxylation sites is 1. The van der Waals surface area contributed by atoms with Crippen LogP contribution < -0.4 is 10.1 Å². The number of nitrogens with zero attached hydrogens (tertiary/aromatic N) is 6. The summed E-state index contributed by atoms with van der Waals surface area (Å²) in [7, 11) is 1.73. The molecule has 0 unspecified atom stereocenters. The highest BCUT2D eigenvalue weighted by Crippen LogP contribution is 2.24. The summed E-state index contributed by atoms with van der Waals surface area (Å²) >= 11 is 0. The number of tetrazole rings is 1. The Morgan fingerprint density at radius 2 is 2.04 bits per heavy atom. The van der Waals surface area contributed by atoms with Crippen molar-refractivity contribution in [1.29, 1.82) is 0 Å². The molecule has 3 rings (SSSR count). The summed E-state index contributed by atoms with van der Waals surface area (Å²) < 4.78 is 9.14. The number of carbonyl (C=O) groups excluding carboxylic acids is 1. The molecule has 1 aromatic carbocycles. The van der Waals surface area contributed by atoms with Gasteiger partial charge in [-0.3, -0.25) is 9.48 Å². The van der Waals surface area contributed by atoms with Gasteiger partial charge in [0.25, 0.3) is 5.91 Å². The molecule has 0 fully saturated rings. The third-order valence-corrected chi connectivity index (χ3v) is 4.12. The molecule has 9 heteroatoms. The number of aromatic nitrogens is 6. The lowest BCUT2D eigenvalue weighted by molar-refractivity contribution is 0.102. The van der Waals surface area contributed by atoms with Gasteiger partial charge in [-0.1, -0.05) is 12.1 Å². The maximum Gasteiger partial charge on any atom is 0.259 e. The Balaban J connectivity index is 1.80. The van der Waals surface area contributed by atoms with Crippen molar-refractivity contribution in [1.82, 2.24) is 30.0 Å². The van der Waals surface area contributed by atoms with Crippen LogP contribution in [0.3, 0.4) is 0 Å². The molecule has 0 saturated carbocycles. The number of anilines is 1. The summed E-state index contributed by atoms with van der Waals surface area (Å²) in [6.45, 7) is 6.73. The number of ether oxygens (including phenoxy) is 1. The fourth-order valence-electron chi connectivity index (χ4n) is 2.66. The molecule has 26 heavy (non-hydrogen) atoms. The first kappa shape index (κ1) is 17.6. The van der Waals surface area contributed by atoms with Gasteiger partial charge in [0.1, 0.15) is 12.4 Å². The topological polar surface area (TPSA) is 99.8 Å². The largest absolute Gasteiger partial charge is 0.485 e. The molecule has 0 aliphatic heterocycles. The zero-order chi connectivity index (χ0) is 18.7. The molecule has 0 bridgehead atoms. The van der Waals surface area contributed by atoms with E-state index in [2.05, 4.69) is 25.9 Å². The number of benzene rings is 1. The van der Waals surface area contributed by atoms with Gasteiger partial charge in [-0.2, -0.15) is 5.10 Å². The van der Waals surface area contributed by atoms with E-state index in [1.807, 2.05) is 31.5 Å². The number of rotatable bonds is 6. The molecule has 0 aliphatic rings. The minimum absolute atomic E-state index is 0.166. The highest BCUT2D eigenvalue weighted by Gasteiger charge is 2.18. The molecule has 3 aromatic rings. The van der Waals surface area contributed by atoms with E-state index in [0.29, 0.717) is 17.1 Å². The Labute approximate surface area is 151 Å². The quantitative estimate of drug-likeness (QED) is 0.725. The first-order chi connectivity index (χ1) is 12.5. The molecule has 0 spiro atoms. The van der Waals surface area contributed by atoms with Gasteiger partial charge < -0.3 is 10.1 Å². The lowest BCUT2D eigenvalue weighted by Gasteiger charge is -2.11. The highest BCUT2D eigenvalue weighted by atomic mass is 16.5. The van der Waals surface area contributed by atoms with Gasteiger partial charge in [0.15, 0.2) is 5.82 Å². The normalized spacial score (nSPS) is 10.8. The van der Waals surface area contributed by atoms with Crippen LogP contribution in [-0.4, -0.2) is 35.9 Å². The van der Waals surface area contributed by atoms with Crippen LogP contribution in [0.2, 0.25) is 0 Å². The van der Waals surface area contributed by atoms with Crippen LogP contribution in [0.5, 0.6) is 5.75 Å². The Morgan fingerprint density at radius 3 is 2.69 bits per heavy atom. The standard InChI is InChI=1S/C17H21N7O2/c1-5-24-12(3)16(11(2)20-24)18-17(25)13-8-6-7-9-14(13)26-10-15-19-21-22-23(15)4/h6-9H,5,10H2,1-4H3,(H,18,25). The molecule has 136 valence electrons. The molecule has 9 nitrogen and oxygen atoms in total. The molecule has 0 aliphatic carbocycles. The van der Waals surface area contributed by atoms with E-state index in [4.69, 9.17) is 4.74 Å². The second kappa shape index (κ2) is 7.34. The van der Waals surface area contributed by atoms with Gasteiger partial charge in [0, 0.05) is 13.6 Å². The predicted octanol–water partition coefficient (Wildman–Crippen LogP) is 1.87. The van der Waals surface area contributed by atoms with E-state index in [1.165, 1.54) is 4.68 Å². The Kier molecular flexibility index (Phi) is 4.97. The number of hydrogen-bond donors (Lipinski definition) is 1. The molecule has 2 aromatic heterocycles. The Hall–Kier alpha value is -3.23. The van der Waals surface area contributed by atoms with Gasteiger partial charge in [-0.25, -0.2) is 4.68 Å². The van der Waals surface area contributed by atoms with Gasteiger partial charge in [-0.05, 0) is 43.3 Å². The van der Waals surface area contributed by atoms with Gasteiger partial charge in [-0.15, -0.1) is 5.10 Å². The average Bonchev–Trinajstić information content (AvgIpc) is 3.17. The number of hydrogen-bond acceptors (Lipinski definition) is 6. The smallest absolute Gasteiger partial charge is 0.259 e. The SMILES string of the molecule is CCn1nc(C)c(NC(=O)c2ccccc2OCc2nnnn2C)c1C. The second-order valence-corrected chi connectivity index (χ2v) is 5.82.